The molecule has 0 heterocycles. The van der Waals surface area contributed by atoms with Gasteiger partial charge in [-0.1, -0.05) is 7.43 Å². The van der Waals surface area contributed by atoms with Gasteiger partial charge in [-0.15, -0.1) is 0 Å². The van der Waals surface area contributed by atoms with Crippen LogP contribution in [0.3, 0.4) is 0 Å². The predicted octanol–water partition coefficient (Wildman–Crippen LogP) is -1.05. The Kier molecular flexibility index (Phi) is 116. The minimum atomic E-state index is 0. The first-order valence-corrected chi connectivity index (χ1v) is 1.37. The molecule has 0 aromatic rings. The van der Waals surface area contributed by atoms with Crippen molar-refractivity contribution in [1.29, 1.82) is 0 Å². The van der Waals surface area contributed by atoms with Gasteiger partial charge in [-0.25, -0.2) is 0 Å². The first-order valence-electron chi connectivity index (χ1n) is 0.204. The molecule has 3 heteroatoms. The second-order valence-electron chi connectivity index (χ2n) is 0. The molecule has 26 valence electrons. The van der Waals surface area contributed by atoms with Crippen molar-refractivity contribution in [3.63, 3.8) is 0 Å². The second-order valence-corrected chi connectivity index (χ2v) is 0. The molecule has 0 fully saturated rings. The molecule has 0 aromatic carbocycles. The van der Waals surface area contributed by atoms with Crippen LogP contribution in [0.15, 0.2) is 0 Å². The van der Waals surface area contributed by atoms with E-state index < -0.39 is 0 Å². The van der Waals surface area contributed by atoms with Gasteiger partial charge in [0.15, 0.2) is 0 Å². The summed E-state index contributed by atoms with van der Waals surface area (Å²) < 4.78 is 8.34. The maximum atomic E-state index is 8.34. The zero-order valence-electron chi connectivity index (χ0n) is 1.62. The van der Waals surface area contributed by atoms with E-state index in [1.807, 2.05) is 0 Å². The van der Waals surface area contributed by atoms with E-state index in [9.17, 15) is 0 Å². The van der Waals surface area contributed by atoms with E-state index in [4.69, 9.17) is 3.08 Å². The molecule has 1 nitrogen and oxygen atoms in total. The van der Waals surface area contributed by atoms with Crippen LogP contribution in [0.1, 0.15) is 7.43 Å². The molecule has 2 radical (unpaired) electrons. The van der Waals surface area contributed by atoms with Crippen molar-refractivity contribution in [2.75, 3.05) is 0 Å². The summed E-state index contributed by atoms with van der Waals surface area (Å²) in [5.74, 6) is 0. The Balaban J connectivity index is -0.00000000500. The van der Waals surface area contributed by atoms with Crippen molar-refractivity contribution in [2.45, 2.75) is 7.43 Å². The van der Waals surface area contributed by atoms with E-state index in [1.165, 1.54) is 0 Å². The van der Waals surface area contributed by atoms with Crippen molar-refractivity contribution in [1.82, 2.24) is 0 Å². The summed E-state index contributed by atoms with van der Waals surface area (Å²) in [6.45, 7) is 0. The van der Waals surface area contributed by atoms with Crippen molar-refractivity contribution in [3.05, 3.63) is 0 Å². The van der Waals surface area contributed by atoms with Gasteiger partial charge in [0.2, 0.25) is 0 Å². The Morgan fingerprint density at radius 1 is 1.25 bits per heavy atom. The van der Waals surface area contributed by atoms with E-state index in [1.54, 1.807) is 0 Å². The van der Waals surface area contributed by atoms with Gasteiger partial charge in [-0.05, 0) is 0 Å². The Hall–Kier alpha value is 1.42. The number of hydrogen-bond donors (Lipinski definition) is 0. The Morgan fingerprint density at radius 2 is 1.25 bits per heavy atom. The molecule has 0 aliphatic rings. The van der Waals surface area contributed by atoms with Crippen LogP contribution >= 0.6 is 0 Å². The summed E-state index contributed by atoms with van der Waals surface area (Å²) >= 11 is 0.300. The summed E-state index contributed by atoms with van der Waals surface area (Å²) in [5, 5.41) is 0. The van der Waals surface area contributed by atoms with Gasteiger partial charge < -0.3 is 0 Å². The number of rotatable bonds is 0. The van der Waals surface area contributed by atoms with Gasteiger partial charge in [0.05, 0.1) is 0 Å². The predicted molar refractivity (Wildman–Crippen MR) is 23.1 cm³/mol. The average molecular weight is 276 g/mol. The van der Waals surface area contributed by atoms with Crippen molar-refractivity contribution < 1.29 is 3.08 Å². The van der Waals surface area contributed by atoms with Crippen LogP contribution in [-0.4, -0.2) is 46.9 Å². The zero-order chi connectivity index (χ0) is 2.00. The molecular formula is CH7OSbSn. The molecule has 0 amide bonds. The fourth-order valence-electron chi connectivity index (χ4n) is 0. The second kappa shape index (κ2) is 25.7. The third kappa shape index (κ3) is 9.94. The van der Waals surface area contributed by atoms with Gasteiger partial charge in [-0.3, -0.25) is 0 Å². The van der Waals surface area contributed by atoms with Crippen LogP contribution in [-0.2, 0) is 3.08 Å². The monoisotopic (exact) mass is 276 g/mol. The Bertz CT molecular complexity index is 8.00. The van der Waals surface area contributed by atoms with Crippen molar-refractivity contribution >= 4 is 46.9 Å². The molecule has 0 aliphatic carbocycles. The van der Waals surface area contributed by atoms with Gasteiger partial charge in [0.25, 0.3) is 0 Å². The Labute approximate surface area is 57.1 Å². The average Bonchev–Trinajstić information content (AvgIpc) is 1.00. The molecular weight excluding hydrogens is 268 g/mol. The SMILES string of the molecule is C.[O]=[Sn].[SbH3]. The third-order valence-electron chi connectivity index (χ3n) is 0. The zero-order valence-corrected chi connectivity index (χ0v) is 8.51. The molecule has 0 saturated carbocycles. The van der Waals surface area contributed by atoms with E-state index in [2.05, 4.69) is 0 Å². The van der Waals surface area contributed by atoms with Crippen LogP contribution in [0.5, 0.6) is 0 Å². The number of hydrogen-bond acceptors (Lipinski definition) is 1. The van der Waals surface area contributed by atoms with Crippen LogP contribution in [0, 0.1) is 0 Å². The van der Waals surface area contributed by atoms with Gasteiger partial charge in [-0.2, -0.15) is 0 Å². The fraction of sp³-hybridized carbons (Fsp3) is 1.00. The van der Waals surface area contributed by atoms with Gasteiger partial charge in [0.1, 0.15) is 0 Å². The van der Waals surface area contributed by atoms with Crippen molar-refractivity contribution in [3.8, 4) is 0 Å². The van der Waals surface area contributed by atoms with E-state index in [0.29, 0.717) is 22.5 Å². The van der Waals surface area contributed by atoms with Gasteiger partial charge in [0, 0.05) is 0 Å². The fourth-order valence-corrected chi connectivity index (χ4v) is 0. The molecule has 0 aliphatic heterocycles. The van der Waals surface area contributed by atoms with E-state index in [-0.39, 0.29) is 31.9 Å². The summed E-state index contributed by atoms with van der Waals surface area (Å²) in [7, 11) is 0. The van der Waals surface area contributed by atoms with Crippen LogP contribution in [0.25, 0.3) is 0 Å². The maximum absolute atomic E-state index is 8.34. The first kappa shape index (κ1) is 18.1. The summed E-state index contributed by atoms with van der Waals surface area (Å²) in [5.41, 5.74) is 0. The Morgan fingerprint density at radius 3 is 1.25 bits per heavy atom. The topological polar surface area (TPSA) is 17.1 Å². The minimum absolute atomic E-state index is 0. The first-order chi connectivity index (χ1) is 1.00. The summed E-state index contributed by atoms with van der Waals surface area (Å²) in [6, 6.07) is 0. The molecule has 0 atom stereocenters. The van der Waals surface area contributed by atoms with E-state index >= 15 is 0 Å². The summed E-state index contributed by atoms with van der Waals surface area (Å²) in [6.07, 6.45) is 0. The van der Waals surface area contributed by atoms with Crippen LogP contribution < -0.4 is 0 Å². The van der Waals surface area contributed by atoms with Crippen LogP contribution in [0.2, 0.25) is 0 Å². The van der Waals surface area contributed by atoms with Crippen molar-refractivity contribution in [2.24, 2.45) is 0 Å². The normalized spacial score (nSPS) is 1.00. The molecule has 0 saturated heterocycles. The standard InChI is InChI=1S/CH4.O.Sb.Sn.3H/h1H4;;;;;;. The molecule has 0 aromatic heterocycles. The third-order valence-corrected chi connectivity index (χ3v) is 0. The summed E-state index contributed by atoms with van der Waals surface area (Å²) in [4.78, 5) is 0. The van der Waals surface area contributed by atoms with Crippen LogP contribution in [0.4, 0.5) is 0 Å². The molecule has 0 rings (SSSR count). The molecule has 0 N–H and O–H groups in total. The quantitative estimate of drug-likeness (QED) is 0.516. The molecule has 4 heavy (non-hydrogen) atoms. The molecule has 0 unspecified atom stereocenters. The molecule has 0 spiro atoms. The van der Waals surface area contributed by atoms with Gasteiger partial charge >= 0.3 is 50.0 Å². The van der Waals surface area contributed by atoms with E-state index in [0.717, 1.165) is 0 Å². The molecule has 0 bridgehead atoms.